The summed E-state index contributed by atoms with van der Waals surface area (Å²) in [5.41, 5.74) is 1.09. The Hall–Kier alpha value is -2.02. The first kappa shape index (κ1) is 17.8. The summed E-state index contributed by atoms with van der Waals surface area (Å²) in [5, 5.41) is 12.0. The van der Waals surface area contributed by atoms with Crippen LogP contribution in [-0.4, -0.2) is 26.5 Å². The number of nitrogens with two attached hydrogens (primary N) is 1. The highest BCUT2D eigenvalue weighted by molar-refractivity contribution is 7.99. The molecule has 1 fully saturated rings. The van der Waals surface area contributed by atoms with Crippen LogP contribution in [0.2, 0.25) is 0 Å². The van der Waals surface area contributed by atoms with E-state index in [-0.39, 0.29) is 17.7 Å². The van der Waals surface area contributed by atoms with Gasteiger partial charge in [0, 0.05) is 5.92 Å². The summed E-state index contributed by atoms with van der Waals surface area (Å²) in [7, 11) is 0. The number of thioether (sulfide) groups is 1. The van der Waals surface area contributed by atoms with Crippen molar-refractivity contribution in [3.63, 3.8) is 0 Å². The van der Waals surface area contributed by atoms with Crippen LogP contribution in [0.5, 0.6) is 0 Å². The zero-order valence-electron chi connectivity index (χ0n) is 14.5. The number of aromatic nitrogens is 3. The van der Waals surface area contributed by atoms with Gasteiger partial charge in [-0.15, -0.1) is 10.2 Å². The lowest BCUT2D eigenvalue weighted by molar-refractivity contribution is -0.119. The van der Waals surface area contributed by atoms with E-state index in [0.717, 1.165) is 24.2 Å². The van der Waals surface area contributed by atoms with Gasteiger partial charge in [0.15, 0.2) is 5.82 Å². The van der Waals surface area contributed by atoms with Crippen LogP contribution >= 0.6 is 11.8 Å². The molecule has 1 aromatic heterocycles. The van der Waals surface area contributed by atoms with Gasteiger partial charge in [0.25, 0.3) is 0 Å². The second-order valence-corrected chi connectivity index (χ2v) is 7.48. The molecule has 1 aliphatic carbocycles. The first-order valence-corrected chi connectivity index (χ1v) is 9.81. The number of rotatable bonds is 6. The maximum atomic E-state index is 12.2. The molecule has 25 heavy (non-hydrogen) atoms. The monoisotopic (exact) mass is 359 g/mol. The quantitative estimate of drug-likeness (QED) is 0.612. The summed E-state index contributed by atoms with van der Waals surface area (Å²) in [6.45, 7) is 1.98. The van der Waals surface area contributed by atoms with Gasteiger partial charge in [-0.25, -0.2) is 4.68 Å². The fourth-order valence-corrected chi connectivity index (χ4v) is 3.94. The summed E-state index contributed by atoms with van der Waals surface area (Å²) in [6, 6.07) is 9.89. The summed E-state index contributed by atoms with van der Waals surface area (Å²) in [6.07, 6.45) is 5.97. The molecule has 2 aromatic rings. The van der Waals surface area contributed by atoms with Crippen LogP contribution in [0.15, 0.2) is 35.5 Å². The number of amides is 1. The Morgan fingerprint density at radius 3 is 2.72 bits per heavy atom. The van der Waals surface area contributed by atoms with E-state index in [9.17, 15) is 4.79 Å². The number of hydrogen-bond donors (Lipinski definition) is 2. The molecule has 7 heteroatoms. The van der Waals surface area contributed by atoms with Crippen molar-refractivity contribution >= 4 is 17.7 Å². The molecule has 1 saturated carbocycles. The lowest BCUT2D eigenvalue weighted by Crippen LogP contribution is -2.28. The van der Waals surface area contributed by atoms with Crippen molar-refractivity contribution in [2.24, 2.45) is 0 Å². The Kier molecular flexibility index (Phi) is 5.96. The number of carbonyl (C=O) groups is 1. The molecule has 0 spiro atoms. The Bertz CT molecular complexity index is 697. The second kappa shape index (κ2) is 8.38. The lowest BCUT2D eigenvalue weighted by Gasteiger charge is -2.20. The first-order chi connectivity index (χ1) is 12.1. The van der Waals surface area contributed by atoms with Gasteiger partial charge in [-0.05, 0) is 25.3 Å². The Morgan fingerprint density at radius 1 is 1.28 bits per heavy atom. The normalized spacial score (nSPS) is 16.5. The summed E-state index contributed by atoms with van der Waals surface area (Å²) < 4.78 is 1.56. The SMILES string of the molecule is CC(NC(=O)CSc1nnc(C2CCCCC2)n1N)c1ccccc1. The number of nitrogens with one attached hydrogen (secondary N) is 1. The molecule has 0 aliphatic heterocycles. The van der Waals surface area contributed by atoms with Crippen molar-refractivity contribution < 1.29 is 4.79 Å². The Labute approximate surface area is 152 Å². The van der Waals surface area contributed by atoms with Gasteiger partial charge in [-0.1, -0.05) is 61.4 Å². The van der Waals surface area contributed by atoms with Gasteiger partial charge in [0.05, 0.1) is 11.8 Å². The largest absolute Gasteiger partial charge is 0.349 e. The van der Waals surface area contributed by atoms with Gasteiger partial charge in [0.2, 0.25) is 11.1 Å². The van der Waals surface area contributed by atoms with E-state index >= 15 is 0 Å². The molecule has 3 N–H and O–H groups in total. The molecule has 1 atom stereocenters. The predicted octanol–water partition coefficient (Wildman–Crippen LogP) is 3.01. The van der Waals surface area contributed by atoms with Gasteiger partial charge in [-0.2, -0.15) is 0 Å². The van der Waals surface area contributed by atoms with Crippen LogP contribution in [0.3, 0.4) is 0 Å². The highest BCUT2D eigenvalue weighted by Gasteiger charge is 2.23. The Morgan fingerprint density at radius 2 is 2.00 bits per heavy atom. The van der Waals surface area contributed by atoms with Crippen molar-refractivity contribution in [1.29, 1.82) is 0 Å². The van der Waals surface area contributed by atoms with Crippen molar-refractivity contribution in [3.8, 4) is 0 Å². The number of hydrogen-bond acceptors (Lipinski definition) is 5. The average molecular weight is 359 g/mol. The maximum absolute atomic E-state index is 12.2. The third-order valence-electron chi connectivity index (χ3n) is 4.67. The second-order valence-electron chi connectivity index (χ2n) is 6.53. The van der Waals surface area contributed by atoms with E-state index in [4.69, 9.17) is 5.84 Å². The number of carbonyl (C=O) groups excluding carboxylic acids is 1. The molecule has 6 nitrogen and oxygen atoms in total. The van der Waals surface area contributed by atoms with Crippen LogP contribution in [0, 0.1) is 0 Å². The average Bonchev–Trinajstić information content (AvgIpc) is 3.02. The molecule has 1 aliphatic rings. The molecular formula is C18H25N5OS. The van der Waals surface area contributed by atoms with Crippen molar-refractivity contribution in [2.75, 3.05) is 11.6 Å². The molecular weight excluding hydrogens is 334 g/mol. The van der Waals surface area contributed by atoms with Gasteiger partial charge in [0.1, 0.15) is 0 Å². The highest BCUT2D eigenvalue weighted by atomic mass is 32.2. The third-order valence-corrected chi connectivity index (χ3v) is 5.61. The molecule has 1 aromatic carbocycles. The zero-order chi connectivity index (χ0) is 17.6. The molecule has 0 saturated heterocycles. The van der Waals surface area contributed by atoms with Crippen LogP contribution in [0.25, 0.3) is 0 Å². The molecule has 0 radical (unpaired) electrons. The predicted molar refractivity (Wildman–Crippen MR) is 99.7 cm³/mol. The highest BCUT2D eigenvalue weighted by Crippen LogP contribution is 2.32. The minimum atomic E-state index is -0.0384. The van der Waals surface area contributed by atoms with E-state index in [1.54, 1.807) is 4.68 Å². The minimum Gasteiger partial charge on any atom is -0.349 e. The fourth-order valence-electron chi connectivity index (χ4n) is 3.26. The van der Waals surface area contributed by atoms with Gasteiger partial charge >= 0.3 is 0 Å². The standard InChI is InChI=1S/C18H25N5OS/c1-13(14-8-4-2-5-9-14)20-16(24)12-25-18-22-21-17(23(18)19)15-10-6-3-7-11-15/h2,4-5,8-9,13,15H,3,6-7,10-12,19H2,1H3,(H,20,24). The summed E-state index contributed by atoms with van der Waals surface area (Å²) in [4.78, 5) is 12.2. The van der Waals surface area contributed by atoms with Crippen LogP contribution < -0.4 is 11.2 Å². The number of benzene rings is 1. The lowest BCUT2D eigenvalue weighted by atomic mass is 9.89. The third kappa shape index (κ3) is 4.54. The smallest absolute Gasteiger partial charge is 0.230 e. The molecule has 0 bridgehead atoms. The molecule has 134 valence electrons. The van der Waals surface area contributed by atoms with E-state index in [2.05, 4.69) is 15.5 Å². The van der Waals surface area contributed by atoms with E-state index in [0.29, 0.717) is 11.1 Å². The maximum Gasteiger partial charge on any atom is 0.230 e. The van der Waals surface area contributed by atoms with E-state index in [1.807, 2.05) is 37.3 Å². The van der Waals surface area contributed by atoms with E-state index < -0.39 is 0 Å². The molecule has 3 rings (SSSR count). The van der Waals surface area contributed by atoms with Crippen molar-refractivity contribution in [1.82, 2.24) is 20.2 Å². The van der Waals surface area contributed by atoms with Crippen LogP contribution in [0.4, 0.5) is 0 Å². The molecule has 1 amide bonds. The Balaban J connectivity index is 1.53. The van der Waals surface area contributed by atoms with Crippen LogP contribution in [0.1, 0.15) is 62.4 Å². The van der Waals surface area contributed by atoms with Crippen molar-refractivity contribution in [3.05, 3.63) is 41.7 Å². The topological polar surface area (TPSA) is 85.8 Å². The first-order valence-electron chi connectivity index (χ1n) is 8.82. The molecule has 1 unspecified atom stereocenters. The minimum absolute atomic E-state index is 0.0251. The van der Waals surface area contributed by atoms with Gasteiger partial charge < -0.3 is 11.2 Å². The van der Waals surface area contributed by atoms with Crippen LogP contribution in [-0.2, 0) is 4.79 Å². The van der Waals surface area contributed by atoms with Gasteiger partial charge in [-0.3, -0.25) is 4.79 Å². The molecule has 1 heterocycles. The number of nitrogen functional groups attached to an aromatic ring is 1. The summed E-state index contributed by atoms with van der Waals surface area (Å²) >= 11 is 1.33. The zero-order valence-corrected chi connectivity index (χ0v) is 15.3. The fraction of sp³-hybridized carbons (Fsp3) is 0.500. The van der Waals surface area contributed by atoms with Crippen molar-refractivity contribution in [2.45, 2.75) is 56.1 Å². The van der Waals surface area contributed by atoms with E-state index in [1.165, 1.54) is 31.0 Å². The number of nitrogens with zero attached hydrogens (tertiary/aromatic N) is 3. The summed E-state index contributed by atoms with van der Waals surface area (Å²) in [5.74, 6) is 7.63.